The van der Waals surface area contributed by atoms with Gasteiger partial charge in [0.05, 0.1) is 18.3 Å². The normalized spacial score (nSPS) is 11.3. The number of halogens is 2. The predicted octanol–water partition coefficient (Wildman–Crippen LogP) is 6.98. The van der Waals surface area contributed by atoms with Crippen LogP contribution in [0.2, 0.25) is 5.02 Å². The molecule has 0 bridgehead atoms. The molecule has 5 aromatic rings. The van der Waals surface area contributed by atoms with Gasteiger partial charge in [0, 0.05) is 34.8 Å². The maximum absolute atomic E-state index is 14.6. The molecule has 0 fully saturated rings. The molecule has 4 aromatic carbocycles. The second kappa shape index (κ2) is 10.9. The fraction of sp³-hybridized carbons (Fsp3) is 0.0645. The summed E-state index contributed by atoms with van der Waals surface area (Å²) < 4.78 is 16.4. The van der Waals surface area contributed by atoms with Crippen LogP contribution in [-0.2, 0) is 18.4 Å². The molecule has 1 aromatic heterocycles. The lowest BCUT2D eigenvalue weighted by Crippen LogP contribution is -2.30. The van der Waals surface area contributed by atoms with Crippen molar-refractivity contribution >= 4 is 46.1 Å². The zero-order chi connectivity index (χ0) is 27.5. The number of nitrogens with zero attached hydrogens (tertiary/aromatic N) is 3. The molecule has 1 heterocycles. The van der Waals surface area contributed by atoms with Crippen LogP contribution in [-0.4, -0.2) is 26.8 Å². The monoisotopic (exact) mass is 539 g/mol. The highest BCUT2D eigenvalue weighted by molar-refractivity contribution is 6.31. The Labute approximate surface area is 229 Å². The number of carbonyl (C=O) groups is 2. The average Bonchev–Trinajstić information content (AvgIpc) is 3.31. The van der Waals surface area contributed by atoms with Crippen LogP contribution in [0.3, 0.4) is 0 Å². The molecule has 6 nitrogen and oxygen atoms in total. The molecular weight excluding hydrogens is 517 g/mol. The van der Waals surface area contributed by atoms with Crippen molar-refractivity contribution in [1.82, 2.24) is 9.78 Å². The molecule has 5 rings (SSSR count). The van der Waals surface area contributed by atoms with Crippen molar-refractivity contribution in [2.45, 2.75) is 6.54 Å². The molecule has 0 aliphatic carbocycles. The summed E-state index contributed by atoms with van der Waals surface area (Å²) in [5.41, 5.74) is 4.56. The van der Waals surface area contributed by atoms with Gasteiger partial charge in [-0.25, -0.2) is 9.18 Å². The first-order valence-electron chi connectivity index (χ1n) is 12.1. The Bertz CT molecular complexity index is 1730. The SMILES string of the molecule is Cn1ncc2cc(-c3ccc(CN(C(=O)c4ccccc4)c4cc(F)cc(/C=C/C(=O)O)c4)c(Cl)c3)ccc21. The van der Waals surface area contributed by atoms with Crippen LogP contribution >= 0.6 is 11.6 Å². The van der Waals surface area contributed by atoms with E-state index < -0.39 is 11.8 Å². The molecule has 0 unspecified atom stereocenters. The molecule has 0 radical (unpaired) electrons. The Morgan fingerprint density at radius 3 is 2.49 bits per heavy atom. The van der Waals surface area contributed by atoms with E-state index in [0.29, 0.717) is 21.7 Å². The number of aliphatic carboxylic acids is 1. The molecule has 8 heteroatoms. The summed E-state index contributed by atoms with van der Waals surface area (Å²) in [6.45, 7) is 0.0695. The number of carboxylic acids is 1. The van der Waals surface area contributed by atoms with Gasteiger partial charge in [-0.1, -0.05) is 48.0 Å². The standard InChI is InChI=1S/C31H23ClFN3O3/c1-35-29-11-10-22(15-25(29)18-34-35)23-8-9-24(28(32)16-23)19-36(31(39)21-5-3-2-4-6-21)27-14-20(7-12-30(37)38)13-26(33)17-27/h2-18H,19H2,1H3,(H,37,38)/b12-7+. The van der Waals surface area contributed by atoms with Crippen molar-refractivity contribution < 1.29 is 19.1 Å². The minimum absolute atomic E-state index is 0.0695. The molecular formula is C31H23ClFN3O3. The van der Waals surface area contributed by atoms with Crippen LogP contribution in [0.15, 0.2) is 97.2 Å². The Morgan fingerprint density at radius 1 is 1.00 bits per heavy atom. The summed E-state index contributed by atoms with van der Waals surface area (Å²) in [6.07, 6.45) is 4.00. The third-order valence-electron chi connectivity index (χ3n) is 6.36. The highest BCUT2D eigenvalue weighted by Crippen LogP contribution is 2.31. The molecule has 1 N–H and O–H groups in total. The lowest BCUT2D eigenvalue weighted by atomic mass is 10.0. The largest absolute Gasteiger partial charge is 0.478 e. The summed E-state index contributed by atoms with van der Waals surface area (Å²) in [6, 6.07) is 24.3. The van der Waals surface area contributed by atoms with E-state index in [4.69, 9.17) is 16.7 Å². The zero-order valence-electron chi connectivity index (χ0n) is 20.9. The van der Waals surface area contributed by atoms with Crippen LogP contribution in [0.5, 0.6) is 0 Å². The van der Waals surface area contributed by atoms with Gasteiger partial charge < -0.3 is 10.0 Å². The van der Waals surface area contributed by atoms with Gasteiger partial charge in [-0.05, 0) is 76.9 Å². The van der Waals surface area contributed by atoms with Gasteiger partial charge in [0.15, 0.2) is 0 Å². The van der Waals surface area contributed by atoms with Gasteiger partial charge in [0.1, 0.15) is 5.82 Å². The first kappa shape index (κ1) is 25.9. The Hall–Kier alpha value is -4.75. The maximum Gasteiger partial charge on any atom is 0.328 e. The predicted molar refractivity (Wildman–Crippen MR) is 151 cm³/mol. The van der Waals surface area contributed by atoms with Crippen molar-refractivity contribution in [3.8, 4) is 11.1 Å². The number of anilines is 1. The van der Waals surface area contributed by atoms with E-state index >= 15 is 0 Å². The summed E-state index contributed by atoms with van der Waals surface area (Å²) in [7, 11) is 1.89. The highest BCUT2D eigenvalue weighted by atomic mass is 35.5. The minimum atomic E-state index is -1.16. The molecule has 0 aliphatic rings. The van der Waals surface area contributed by atoms with E-state index in [1.807, 2.05) is 48.1 Å². The van der Waals surface area contributed by atoms with Crippen LogP contribution in [0.4, 0.5) is 10.1 Å². The lowest BCUT2D eigenvalue weighted by Gasteiger charge is -2.24. The smallest absolute Gasteiger partial charge is 0.328 e. The minimum Gasteiger partial charge on any atom is -0.478 e. The number of fused-ring (bicyclic) bond motifs is 1. The van der Waals surface area contributed by atoms with E-state index in [9.17, 15) is 14.0 Å². The number of amides is 1. The van der Waals surface area contributed by atoms with Crippen LogP contribution in [0, 0.1) is 5.82 Å². The van der Waals surface area contributed by atoms with E-state index in [-0.39, 0.29) is 18.1 Å². The Kier molecular flexibility index (Phi) is 7.25. The van der Waals surface area contributed by atoms with E-state index in [1.54, 1.807) is 42.6 Å². The van der Waals surface area contributed by atoms with Crippen molar-refractivity contribution in [1.29, 1.82) is 0 Å². The third-order valence-corrected chi connectivity index (χ3v) is 6.71. The third kappa shape index (κ3) is 5.73. The summed E-state index contributed by atoms with van der Waals surface area (Å²) in [5, 5.41) is 14.7. The molecule has 0 spiro atoms. The first-order chi connectivity index (χ1) is 18.8. The van der Waals surface area contributed by atoms with Gasteiger partial charge in [-0.3, -0.25) is 9.48 Å². The average molecular weight is 540 g/mol. The van der Waals surface area contributed by atoms with Crippen molar-refractivity contribution in [3.63, 3.8) is 0 Å². The lowest BCUT2D eigenvalue weighted by molar-refractivity contribution is -0.131. The van der Waals surface area contributed by atoms with Crippen LogP contribution in [0.25, 0.3) is 28.1 Å². The molecule has 194 valence electrons. The molecule has 1 amide bonds. The molecule has 0 saturated carbocycles. The quantitative estimate of drug-likeness (QED) is 0.226. The van der Waals surface area contributed by atoms with Crippen molar-refractivity contribution in [3.05, 3.63) is 125 Å². The summed E-state index contributed by atoms with van der Waals surface area (Å²) >= 11 is 6.73. The number of hydrogen-bond donors (Lipinski definition) is 1. The van der Waals surface area contributed by atoms with Gasteiger partial charge >= 0.3 is 5.97 Å². The van der Waals surface area contributed by atoms with E-state index in [0.717, 1.165) is 28.1 Å². The fourth-order valence-electron chi connectivity index (χ4n) is 4.40. The number of aromatic nitrogens is 2. The first-order valence-corrected chi connectivity index (χ1v) is 12.5. The topological polar surface area (TPSA) is 75.4 Å². The summed E-state index contributed by atoms with van der Waals surface area (Å²) in [4.78, 5) is 26.0. The number of carbonyl (C=O) groups excluding carboxylic acids is 1. The molecule has 39 heavy (non-hydrogen) atoms. The van der Waals surface area contributed by atoms with Gasteiger partial charge in [0.25, 0.3) is 5.91 Å². The highest BCUT2D eigenvalue weighted by Gasteiger charge is 2.21. The molecule has 0 saturated heterocycles. The van der Waals surface area contributed by atoms with Crippen LogP contribution < -0.4 is 4.90 Å². The Balaban J connectivity index is 1.51. The number of benzene rings is 4. The van der Waals surface area contributed by atoms with E-state index in [1.165, 1.54) is 23.1 Å². The number of hydrogen-bond acceptors (Lipinski definition) is 3. The maximum atomic E-state index is 14.6. The van der Waals surface area contributed by atoms with Crippen molar-refractivity contribution in [2.75, 3.05) is 4.90 Å². The van der Waals surface area contributed by atoms with Crippen molar-refractivity contribution in [2.24, 2.45) is 7.05 Å². The number of rotatable bonds is 7. The van der Waals surface area contributed by atoms with Gasteiger partial charge in [-0.15, -0.1) is 0 Å². The summed E-state index contributed by atoms with van der Waals surface area (Å²) in [5.74, 6) is -2.11. The molecule has 0 aliphatic heterocycles. The number of aryl methyl sites for hydroxylation is 1. The molecule has 0 atom stereocenters. The Morgan fingerprint density at radius 2 is 1.74 bits per heavy atom. The van der Waals surface area contributed by atoms with Gasteiger partial charge in [-0.2, -0.15) is 5.10 Å². The van der Waals surface area contributed by atoms with Crippen LogP contribution in [0.1, 0.15) is 21.5 Å². The second-order valence-corrected chi connectivity index (χ2v) is 9.43. The fourth-order valence-corrected chi connectivity index (χ4v) is 4.64. The second-order valence-electron chi connectivity index (χ2n) is 9.02. The number of carboxylic acid groups (broad SMARTS) is 1. The zero-order valence-corrected chi connectivity index (χ0v) is 21.6. The van der Waals surface area contributed by atoms with E-state index in [2.05, 4.69) is 5.10 Å². The van der Waals surface area contributed by atoms with Gasteiger partial charge in [0.2, 0.25) is 0 Å².